The third-order valence-corrected chi connectivity index (χ3v) is 5.11. The summed E-state index contributed by atoms with van der Waals surface area (Å²) in [5, 5.41) is 13.4. The van der Waals surface area contributed by atoms with Crippen LogP contribution in [0.5, 0.6) is 0 Å². The Balaban J connectivity index is 1.39. The number of morpholine rings is 1. The first-order valence-corrected chi connectivity index (χ1v) is 8.86. The van der Waals surface area contributed by atoms with Gasteiger partial charge in [0.05, 0.1) is 12.2 Å². The third-order valence-electron chi connectivity index (χ3n) is 5.11. The van der Waals surface area contributed by atoms with Crippen LogP contribution in [0, 0.1) is 0 Å². The second-order valence-electron chi connectivity index (χ2n) is 7.47. The Bertz CT molecular complexity index is 758. The maximum atomic E-state index is 12.3. The van der Waals surface area contributed by atoms with E-state index in [9.17, 15) is 4.79 Å². The molecule has 2 aliphatic rings. The fourth-order valence-electron chi connectivity index (χ4n) is 3.64. The van der Waals surface area contributed by atoms with E-state index in [0.29, 0.717) is 17.7 Å². The Morgan fingerprint density at radius 2 is 2.20 bits per heavy atom. The van der Waals surface area contributed by atoms with Crippen LogP contribution < -0.4 is 10.6 Å². The van der Waals surface area contributed by atoms with Gasteiger partial charge in [-0.05, 0) is 36.1 Å². The Morgan fingerprint density at radius 1 is 1.40 bits per heavy atom. The summed E-state index contributed by atoms with van der Waals surface area (Å²) in [5.74, 6) is 0.117. The molecule has 0 saturated carbocycles. The Kier molecular flexibility index (Phi) is 4.09. The minimum Gasteiger partial charge on any atom is -0.372 e. The summed E-state index contributed by atoms with van der Waals surface area (Å²) in [6.07, 6.45) is 1.99. The standard InChI is InChI=1S/C19H24N4O2/c1-12(2)16-7-17(23-22-16)18(24)21-14-5-3-13(4-6-14)8-19-9-15(10-25-19)20-11-19/h3-7,12,15,20H,8-11H2,1-2H3,(H,21,24)(H,22,23). The molecule has 2 atom stereocenters. The molecule has 2 unspecified atom stereocenters. The van der Waals surface area contributed by atoms with Crippen molar-refractivity contribution in [2.75, 3.05) is 18.5 Å². The maximum absolute atomic E-state index is 12.3. The van der Waals surface area contributed by atoms with Crippen molar-refractivity contribution in [3.05, 3.63) is 47.3 Å². The summed E-state index contributed by atoms with van der Waals surface area (Å²) in [5.41, 5.74) is 3.32. The van der Waals surface area contributed by atoms with Gasteiger partial charge in [0, 0.05) is 30.4 Å². The molecule has 0 aliphatic carbocycles. The summed E-state index contributed by atoms with van der Waals surface area (Å²) < 4.78 is 5.97. The van der Waals surface area contributed by atoms with Crippen LogP contribution in [0.25, 0.3) is 0 Å². The van der Waals surface area contributed by atoms with Crippen molar-refractivity contribution < 1.29 is 9.53 Å². The van der Waals surface area contributed by atoms with E-state index in [4.69, 9.17) is 4.74 Å². The topological polar surface area (TPSA) is 79.0 Å². The molecular weight excluding hydrogens is 316 g/mol. The maximum Gasteiger partial charge on any atom is 0.276 e. The Labute approximate surface area is 147 Å². The summed E-state index contributed by atoms with van der Waals surface area (Å²) >= 11 is 0. The molecule has 3 heterocycles. The van der Waals surface area contributed by atoms with Gasteiger partial charge in [-0.15, -0.1) is 0 Å². The first-order chi connectivity index (χ1) is 12.0. The number of ether oxygens (including phenoxy) is 1. The van der Waals surface area contributed by atoms with Gasteiger partial charge in [-0.2, -0.15) is 5.10 Å². The Hall–Kier alpha value is -2.18. The minimum absolute atomic E-state index is 0.0439. The lowest BCUT2D eigenvalue weighted by Gasteiger charge is -2.26. The molecule has 1 aromatic heterocycles. The highest BCUT2D eigenvalue weighted by Gasteiger charge is 2.45. The number of nitrogens with zero attached hydrogens (tertiary/aromatic N) is 1. The molecule has 2 bridgehead atoms. The van der Waals surface area contributed by atoms with E-state index in [1.54, 1.807) is 6.07 Å². The first-order valence-electron chi connectivity index (χ1n) is 8.86. The zero-order valence-electron chi connectivity index (χ0n) is 14.6. The van der Waals surface area contributed by atoms with Crippen LogP contribution in [0.1, 0.15) is 47.9 Å². The van der Waals surface area contributed by atoms with Crippen molar-refractivity contribution in [3.63, 3.8) is 0 Å². The molecule has 132 valence electrons. The Morgan fingerprint density at radius 3 is 2.76 bits per heavy atom. The average molecular weight is 340 g/mol. The van der Waals surface area contributed by atoms with Crippen molar-refractivity contribution in [1.82, 2.24) is 15.5 Å². The predicted molar refractivity (Wildman–Crippen MR) is 95.9 cm³/mol. The second-order valence-corrected chi connectivity index (χ2v) is 7.47. The van der Waals surface area contributed by atoms with Crippen LogP contribution in [0.4, 0.5) is 5.69 Å². The van der Waals surface area contributed by atoms with E-state index in [1.807, 2.05) is 12.1 Å². The number of hydrogen-bond acceptors (Lipinski definition) is 4. The van der Waals surface area contributed by atoms with E-state index in [2.05, 4.69) is 46.8 Å². The average Bonchev–Trinajstić information content (AvgIpc) is 3.32. The molecule has 2 saturated heterocycles. The van der Waals surface area contributed by atoms with Crippen molar-refractivity contribution in [1.29, 1.82) is 0 Å². The van der Waals surface area contributed by atoms with Crippen LogP contribution in [-0.2, 0) is 11.2 Å². The van der Waals surface area contributed by atoms with Gasteiger partial charge < -0.3 is 15.4 Å². The normalized spacial score (nSPS) is 24.8. The molecule has 1 amide bonds. The van der Waals surface area contributed by atoms with E-state index >= 15 is 0 Å². The predicted octanol–water partition coefficient (Wildman–Crippen LogP) is 2.46. The van der Waals surface area contributed by atoms with Crippen LogP contribution in [0.2, 0.25) is 0 Å². The quantitative estimate of drug-likeness (QED) is 0.781. The highest BCUT2D eigenvalue weighted by Crippen LogP contribution is 2.34. The number of H-pyrrole nitrogens is 1. The molecule has 4 rings (SSSR count). The van der Waals surface area contributed by atoms with Crippen molar-refractivity contribution in [2.24, 2.45) is 0 Å². The fraction of sp³-hybridized carbons (Fsp3) is 0.474. The lowest BCUT2D eigenvalue weighted by molar-refractivity contribution is -0.00521. The van der Waals surface area contributed by atoms with E-state index < -0.39 is 0 Å². The van der Waals surface area contributed by atoms with Gasteiger partial charge in [-0.1, -0.05) is 26.0 Å². The number of carbonyl (C=O) groups excluding carboxylic acids is 1. The van der Waals surface area contributed by atoms with Crippen LogP contribution in [0.3, 0.4) is 0 Å². The van der Waals surface area contributed by atoms with Gasteiger partial charge in [-0.3, -0.25) is 9.89 Å². The SMILES string of the molecule is CC(C)c1cc(C(=O)Nc2ccc(CC34CNC(CO3)C4)cc2)n[nH]1. The molecule has 6 nitrogen and oxygen atoms in total. The van der Waals surface area contributed by atoms with Crippen molar-refractivity contribution >= 4 is 11.6 Å². The summed E-state index contributed by atoms with van der Waals surface area (Å²) in [6, 6.07) is 10.3. The van der Waals surface area contributed by atoms with Gasteiger partial charge in [0.2, 0.25) is 0 Å². The van der Waals surface area contributed by atoms with Crippen LogP contribution in [0.15, 0.2) is 30.3 Å². The number of amides is 1. The lowest BCUT2D eigenvalue weighted by atomic mass is 9.93. The number of nitrogens with one attached hydrogen (secondary N) is 3. The number of carbonyl (C=O) groups is 1. The summed E-state index contributed by atoms with van der Waals surface area (Å²) in [7, 11) is 0. The zero-order valence-corrected chi connectivity index (χ0v) is 14.6. The lowest BCUT2D eigenvalue weighted by Crippen LogP contribution is -2.40. The molecule has 3 N–H and O–H groups in total. The minimum atomic E-state index is -0.198. The zero-order chi connectivity index (χ0) is 17.4. The number of aromatic amines is 1. The van der Waals surface area contributed by atoms with Crippen LogP contribution >= 0.6 is 0 Å². The largest absolute Gasteiger partial charge is 0.372 e. The third kappa shape index (κ3) is 3.32. The summed E-state index contributed by atoms with van der Waals surface area (Å²) in [6.45, 7) is 5.86. The van der Waals surface area contributed by atoms with Crippen molar-refractivity contribution in [3.8, 4) is 0 Å². The number of fused-ring (bicyclic) bond motifs is 2. The van der Waals surface area contributed by atoms with Crippen LogP contribution in [-0.4, -0.2) is 40.9 Å². The van der Waals surface area contributed by atoms with E-state index in [-0.39, 0.29) is 11.5 Å². The van der Waals surface area contributed by atoms with Gasteiger partial charge >= 0.3 is 0 Å². The monoisotopic (exact) mass is 340 g/mol. The molecule has 0 radical (unpaired) electrons. The highest BCUT2D eigenvalue weighted by molar-refractivity contribution is 6.02. The van der Waals surface area contributed by atoms with Gasteiger partial charge in [0.25, 0.3) is 5.91 Å². The van der Waals surface area contributed by atoms with E-state index in [0.717, 1.165) is 37.4 Å². The van der Waals surface area contributed by atoms with E-state index in [1.165, 1.54) is 5.56 Å². The molecule has 2 fully saturated rings. The summed E-state index contributed by atoms with van der Waals surface area (Å²) in [4.78, 5) is 12.3. The number of rotatable bonds is 5. The molecule has 1 aromatic carbocycles. The number of aromatic nitrogens is 2. The first kappa shape index (κ1) is 16.3. The smallest absolute Gasteiger partial charge is 0.276 e. The molecular formula is C19H24N4O2. The second kappa shape index (κ2) is 6.28. The number of anilines is 1. The van der Waals surface area contributed by atoms with Gasteiger partial charge in [0.15, 0.2) is 5.69 Å². The van der Waals surface area contributed by atoms with Gasteiger partial charge in [-0.25, -0.2) is 0 Å². The molecule has 25 heavy (non-hydrogen) atoms. The number of benzene rings is 1. The molecule has 2 aromatic rings. The molecule has 0 spiro atoms. The molecule has 2 aliphatic heterocycles. The highest BCUT2D eigenvalue weighted by atomic mass is 16.5. The fourth-order valence-corrected chi connectivity index (χ4v) is 3.64. The molecule has 6 heteroatoms. The van der Waals surface area contributed by atoms with Crippen molar-refractivity contribution in [2.45, 2.75) is 44.2 Å². The number of hydrogen-bond donors (Lipinski definition) is 3. The van der Waals surface area contributed by atoms with Gasteiger partial charge in [0.1, 0.15) is 0 Å².